The fourth-order valence-electron chi connectivity index (χ4n) is 1.37. The van der Waals surface area contributed by atoms with Crippen LogP contribution in [0.5, 0.6) is 0 Å². The van der Waals surface area contributed by atoms with E-state index >= 15 is 0 Å². The molecule has 0 radical (unpaired) electrons. The third kappa shape index (κ3) is 4.37. The molecule has 2 N–H and O–H groups in total. The molecule has 0 spiro atoms. The van der Waals surface area contributed by atoms with E-state index in [1.807, 2.05) is 0 Å². The van der Waals surface area contributed by atoms with Crippen LogP contribution >= 0.6 is 0 Å². The molecule has 0 aliphatic carbocycles. The number of carbonyl (C=O) groups excluding carboxylic acids is 2. The van der Waals surface area contributed by atoms with Gasteiger partial charge in [0.25, 0.3) is 0 Å². The largest absolute Gasteiger partial charge is 0.476 e. The Morgan fingerprint density at radius 1 is 1.17 bits per heavy atom. The Morgan fingerprint density at radius 2 is 1.78 bits per heavy atom. The Balaban J connectivity index is 2.52. The zero-order valence-electron chi connectivity index (χ0n) is 10.1. The van der Waals surface area contributed by atoms with Crippen molar-refractivity contribution in [2.24, 2.45) is 0 Å². The normalized spacial score (nSPS) is 9.83. The maximum absolute atomic E-state index is 11.1. The van der Waals surface area contributed by atoms with Gasteiger partial charge in [-0.3, -0.25) is 9.59 Å². The number of nitrogens with one attached hydrogen (secondary N) is 1. The van der Waals surface area contributed by atoms with Crippen LogP contribution in [-0.2, 0) is 20.8 Å². The molecule has 1 rings (SSSR count). The summed E-state index contributed by atoms with van der Waals surface area (Å²) in [4.78, 5) is 32.4. The molecular weight excluding hydrogens is 234 g/mol. The van der Waals surface area contributed by atoms with E-state index in [1.54, 1.807) is 31.2 Å². The number of carboxylic acids is 1. The Bertz CT molecular complexity index is 451. The number of rotatable bonds is 6. The number of hydrogen-bond acceptors (Lipinski definition) is 3. The molecule has 0 aliphatic rings. The van der Waals surface area contributed by atoms with Crippen molar-refractivity contribution in [3.63, 3.8) is 0 Å². The maximum Gasteiger partial charge on any atom is 0.372 e. The molecule has 0 heterocycles. The van der Waals surface area contributed by atoms with E-state index in [0.29, 0.717) is 18.5 Å². The highest BCUT2D eigenvalue weighted by Crippen LogP contribution is 2.11. The fourth-order valence-corrected chi connectivity index (χ4v) is 1.37. The summed E-state index contributed by atoms with van der Waals surface area (Å²) < 4.78 is 0. The van der Waals surface area contributed by atoms with Crippen molar-refractivity contribution in [1.82, 2.24) is 0 Å². The lowest BCUT2D eigenvalue weighted by Gasteiger charge is -2.04. The van der Waals surface area contributed by atoms with Gasteiger partial charge in [0.1, 0.15) is 0 Å². The monoisotopic (exact) mass is 249 g/mol. The number of carboxylic acid groups (broad SMARTS) is 1. The highest BCUT2D eigenvalue weighted by Gasteiger charge is 2.10. The zero-order valence-corrected chi connectivity index (χ0v) is 10.1. The summed E-state index contributed by atoms with van der Waals surface area (Å²) in [7, 11) is 0. The van der Waals surface area contributed by atoms with Gasteiger partial charge in [0, 0.05) is 18.5 Å². The zero-order chi connectivity index (χ0) is 13.5. The maximum atomic E-state index is 11.1. The number of amides is 1. The molecule has 0 fully saturated rings. The van der Waals surface area contributed by atoms with Crippen molar-refractivity contribution in [2.45, 2.75) is 26.2 Å². The molecule has 0 bridgehead atoms. The first-order valence-corrected chi connectivity index (χ1v) is 5.68. The van der Waals surface area contributed by atoms with E-state index in [-0.39, 0.29) is 12.3 Å². The number of Topliss-reactive ketones (excluding diaryl/α,β-unsaturated/α-hetero) is 1. The minimum atomic E-state index is -1.40. The van der Waals surface area contributed by atoms with Crippen molar-refractivity contribution in [3.8, 4) is 0 Å². The lowest BCUT2D eigenvalue weighted by atomic mass is 10.1. The van der Waals surface area contributed by atoms with Crippen LogP contribution in [0.4, 0.5) is 5.69 Å². The molecule has 5 heteroatoms. The van der Waals surface area contributed by atoms with E-state index in [9.17, 15) is 14.4 Å². The molecule has 5 nitrogen and oxygen atoms in total. The first-order chi connectivity index (χ1) is 8.52. The van der Waals surface area contributed by atoms with Gasteiger partial charge in [-0.05, 0) is 24.1 Å². The van der Waals surface area contributed by atoms with Gasteiger partial charge in [-0.1, -0.05) is 19.1 Å². The SMILES string of the molecule is CCC(=O)Nc1ccc(CCC(=O)C(=O)O)cc1. The number of hydrogen-bond donors (Lipinski definition) is 2. The summed E-state index contributed by atoms with van der Waals surface area (Å²) in [5, 5.41) is 11.1. The predicted octanol–water partition coefficient (Wildman–Crippen LogP) is 1.62. The summed E-state index contributed by atoms with van der Waals surface area (Å²) >= 11 is 0. The number of aryl methyl sites for hydroxylation is 1. The van der Waals surface area contributed by atoms with Crippen molar-refractivity contribution in [2.75, 3.05) is 5.32 Å². The van der Waals surface area contributed by atoms with E-state index in [4.69, 9.17) is 5.11 Å². The molecule has 1 aromatic carbocycles. The second-order valence-electron chi connectivity index (χ2n) is 3.83. The van der Waals surface area contributed by atoms with Gasteiger partial charge < -0.3 is 10.4 Å². The Hall–Kier alpha value is -2.17. The minimum absolute atomic E-state index is 0.0179. The number of anilines is 1. The van der Waals surface area contributed by atoms with Crippen molar-refractivity contribution in [3.05, 3.63) is 29.8 Å². The summed E-state index contributed by atoms with van der Waals surface area (Å²) in [6.07, 6.45) is 0.776. The van der Waals surface area contributed by atoms with E-state index in [2.05, 4.69) is 5.32 Å². The second-order valence-corrected chi connectivity index (χ2v) is 3.83. The lowest BCUT2D eigenvalue weighted by molar-refractivity contribution is -0.149. The van der Waals surface area contributed by atoms with Crippen molar-refractivity contribution >= 4 is 23.3 Å². The standard InChI is InChI=1S/C13H15NO4/c1-2-12(16)14-10-6-3-9(4-7-10)5-8-11(15)13(17)18/h3-4,6-7H,2,5,8H2,1H3,(H,14,16)(H,17,18). The second kappa shape index (κ2) is 6.54. The van der Waals surface area contributed by atoms with Crippen LogP contribution in [0.3, 0.4) is 0 Å². The van der Waals surface area contributed by atoms with Crippen molar-refractivity contribution < 1.29 is 19.5 Å². The van der Waals surface area contributed by atoms with Gasteiger partial charge in [0.15, 0.2) is 0 Å². The number of ketones is 1. The summed E-state index contributed by atoms with van der Waals surface area (Å²) in [6, 6.07) is 6.99. The van der Waals surface area contributed by atoms with Crippen LogP contribution in [0.1, 0.15) is 25.3 Å². The predicted molar refractivity (Wildman–Crippen MR) is 66.3 cm³/mol. The molecule has 96 valence electrons. The lowest BCUT2D eigenvalue weighted by Crippen LogP contribution is -2.13. The topological polar surface area (TPSA) is 83.5 Å². The van der Waals surface area contributed by atoms with Gasteiger partial charge in [-0.15, -0.1) is 0 Å². The van der Waals surface area contributed by atoms with Crippen LogP contribution in [0.25, 0.3) is 0 Å². The number of aliphatic carboxylic acids is 1. The third-order valence-electron chi connectivity index (χ3n) is 2.44. The molecule has 0 saturated heterocycles. The Morgan fingerprint density at radius 3 is 2.28 bits per heavy atom. The average molecular weight is 249 g/mol. The number of carbonyl (C=O) groups is 3. The molecule has 0 atom stereocenters. The molecular formula is C13H15NO4. The molecule has 1 amide bonds. The highest BCUT2D eigenvalue weighted by molar-refractivity contribution is 6.32. The van der Waals surface area contributed by atoms with Crippen LogP contribution in [0.2, 0.25) is 0 Å². The molecule has 18 heavy (non-hydrogen) atoms. The van der Waals surface area contributed by atoms with E-state index in [0.717, 1.165) is 5.56 Å². The van der Waals surface area contributed by atoms with E-state index < -0.39 is 11.8 Å². The van der Waals surface area contributed by atoms with Gasteiger partial charge in [0.2, 0.25) is 11.7 Å². The summed E-state index contributed by atoms with van der Waals surface area (Å²) in [6.45, 7) is 1.77. The first-order valence-electron chi connectivity index (χ1n) is 5.68. The number of benzene rings is 1. The molecule has 1 aromatic rings. The van der Waals surface area contributed by atoms with Crippen LogP contribution in [0.15, 0.2) is 24.3 Å². The highest BCUT2D eigenvalue weighted by atomic mass is 16.4. The van der Waals surface area contributed by atoms with Gasteiger partial charge in [0.05, 0.1) is 0 Å². The Labute approximate surface area is 105 Å². The van der Waals surface area contributed by atoms with Crippen LogP contribution in [0, 0.1) is 0 Å². The smallest absolute Gasteiger partial charge is 0.372 e. The van der Waals surface area contributed by atoms with Gasteiger partial charge in [-0.2, -0.15) is 0 Å². The van der Waals surface area contributed by atoms with E-state index in [1.165, 1.54) is 0 Å². The Kier molecular flexibility index (Phi) is 5.05. The van der Waals surface area contributed by atoms with Crippen LogP contribution < -0.4 is 5.32 Å². The molecule has 0 saturated carbocycles. The van der Waals surface area contributed by atoms with Gasteiger partial charge >= 0.3 is 5.97 Å². The third-order valence-corrected chi connectivity index (χ3v) is 2.44. The minimum Gasteiger partial charge on any atom is -0.476 e. The van der Waals surface area contributed by atoms with Crippen LogP contribution in [-0.4, -0.2) is 22.8 Å². The molecule has 0 aliphatic heterocycles. The summed E-state index contributed by atoms with van der Waals surface area (Å²) in [5.74, 6) is -2.26. The quantitative estimate of drug-likeness (QED) is 0.750. The molecule has 0 unspecified atom stereocenters. The average Bonchev–Trinajstić information content (AvgIpc) is 2.37. The van der Waals surface area contributed by atoms with Crippen molar-refractivity contribution in [1.29, 1.82) is 0 Å². The summed E-state index contributed by atoms with van der Waals surface area (Å²) in [5.41, 5.74) is 1.55. The molecule has 0 aromatic heterocycles. The van der Waals surface area contributed by atoms with Gasteiger partial charge in [-0.25, -0.2) is 4.79 Å². The first kappa shape index (κ1) is 13.9. The fraction of sp³-hybridized carbons (Fsp3) is 0.308.